The van der Waals surface area contributed by atoms with E-state index in [9.17, 15) is 14.7 Å². The number of rotatable bonds is 11. The summed E-state index contributed by atoms with van der Waals surface area (Å²) in [4.78, 5) is 27.2. The molecule has 11 heteroatoms. The van der Waals surface area contributed by atoms with E-state index in [1.807, 2.05) is 25.1 Å². The number of hydrogen-bond acceptors (Lipinski definition) is 8. The van der Waals surface area contributed by atoms with Gasteiger partial charge in [-0.2, -0.15) is 0 Å². The topological polar surface area (TPSA) is 116 Å². The van der Waals surface area contributed by atoms with Crippen LogP contribution in [0.15, 0.2) is 24.4 Å². The second-order valence-corrected chi connectivity index (χ2v) is 12.5. The molecule has 0 radical (unpaired) electrons. The number of carboxylic acids is 1. The minimum absolute atomic E-state index is 0.0203. The molecule has 1 N–H and O–H groups in total. The van der Waals surface area contributed by atoms with E-state index in [2.05, 4.69) is 31.1 Å². The predicted octanol–water partition coefficient (Wildman–Crippen LogP) is 3.35. The minimum atomic E-state index is -1.06. The van der Waals surface area contributed by atoms with Crippen molar-refractivity contribution in [3.05, 3.63) is 41.2 Å². The molecule has 4 aliphatic rings. The summed E-state index contributed by atoms with van der Waals surface area (Å²) in [5.41, 5.74) is 1.38. The van der Waals surface area contributed by atoms with Crippen molar-refractivity contribution < 1.29 is 28.7 Å². The van der Waals surface area contributed by atoms with Crippen LogP contribution in [0.25, 0.3) is 0 Å². The molecule has 3 aliphatic carbocycles. The zero-order chi connectivity index (χ0) is 28.1. The van der Waals surface area contributed by atoms with Crippen molar-refractivity contribution in [2.45, 2.75) is 77.1 Å². The largest absolute Gasteiger partial charge is 0.496 e. The lowest BCUT2D eigenvalue weighted by Gasteiger charge is -2.64. The van der Waals surface area contributed by atoms with Crippen LogP contribution in [-0.4, -0.2) is 76.8 Å². The fourth-order valence-corrected chi connectivity index (χ4v) is 7.15. The van der Waals surface area contributed by atoms with Gasteiger partial charge >= 0.3 is 13.1 Å². The van der Waals surface area contributed by atoms with Crippen molar-refractivity contribution >= 4 is 18.9 Å². The first-order valence-corrected chi connectivity index (χ1v) is 13.7. The van der Waals surface area contributed by atoms with Gasteiger partial charge in [-0.1, -0.05) is 31.2 Å². The first-order valence-electron chi connectivity index (χ1n) is 13.7. The standard InChI is InChI=1S/C28H39BN4O6/c1-27(2)18-11-23(27)28(3)24(12-18)38-29(39-28)19(10-17-8-7-9-22(26(35)36)25(17)37-6)13-21(34)16-33-15-20(30-31-33)14-32(4)5/h7-9,15,18-19,23-24H,10-14,16H2,1-6H3,(H,35,36)/t18-,19+,23-,24+,28-/m0/s1. The molecule has 1 aliphatic heterocycles. The molecule has 0 amide bonds. The molecule has 10 nitrogen and oxygen atoms in total. The molecule has 210 valence electrons. The lowest BCUT2D eigenvalue weighted by atomic mass is 9.43. The van der Waals surface area contributed by atoms with Crippen LogP contribution in [-0.2, 0) is 33.6 Å². The third-order valence-corrected chi connectivity index (χ3v) is 9.26. The van der Waals surface area contributed by atoms with Gasteiger partial charge in [0, 0.05) is 18.8 Å². The Balaban J connectivity index is 1.39. The van der Waals surface area contributed by atoms with E-state index in [1.54, 1.807) is 16.9 Å². The average Bonchev–Trinajstić information content (AvgIpc) is 3.45. The number of ketones is 1. The highest BCUT2D eigenvalue weighted by Gasteiger charge is 2.68. The third-order valence-electron chi connectivity index (χ3n) is 9.26. The van der Waals surface area contributed by atoms with Crippen molar-refractivity contribution in [3.63, 3.8) is 0 Å². The molecule has 0 unspecified atom stereocenters. The molecule has 39 heavy (non-hydrogen) atoms. The number of hydrogen-bond donors (Lipinski definition) is 1. The van der Waals surface area contributed by atoms with Crippen LogP contribution < -0.4 is 4.74 Å². The third kappa shape index (κ3) is 5.12. The SMILES string of the molecule is COc1c(C[C@H](CC(=O)Cn2cc(CN(C)C)nn2)B2O[C@@H]3C[C@@H]4C[C@@H](C4(C)C)[C@]3(C)O2)cccc1C(=O)O. The summed E-state index contributed by atoms with van der Waals surface area (Å²) in [5, 5.41) is 18.0. The van der Waals surface area contributed by atoms with E-state index in [4.69, 9.17) is 14.0 Å². The second-order valence-electron chi connectivity index (χ2n) is 12.5. The molecule has 1 aromatic carbocycles. The average molecular weight is 538 g/mol. The Morgan fingerprint density at radius 2 is 2.05 bits per heavy atom. The molecule has 5 atom stereocenters. The Bertz CT molecular complexity index is 1250. The predicted molar refractivity (Wildman–Crippen MR) is 145 cm³/mol. The fraction of sp³-hybridized carbons (Fsp3) is 0.643. The lowest BCUT2D eigenvalue weighted by molar-refractivity contribution is -0.199. The number of Topliss-reactive ketones (excluding diaryl/α,β-unsaturated/α-hetero) is 1. The van der Waals surface area contributed by atoms with Crippen molar-refractivity contribution in [1.82, 2.24) is 19.9 Å². The lowest BCUT2D eigenvalue weighted by Crippen LogP contribution is -2.65. The van der Waals surface area contributed by atoms with Crippen LogP contribution in [0, 0.1) is 17.3 Å². The molecule has 4 fully saturated rings. The van der Waals surface area contributed by atoms with Crippen molar-refractivity contribution in [2.24, 2.45) is 17.3 Å². The summed E-state index contributed by atoms with van der Waals surface area (Å²) in [7, 11) is 4.78. The summed E-state index contributed by atoms with van der Waals surface area (Å²) in [6.07, 6.45) is 4.42. The van der Waals surface area contributed by atoms with E-state index in [-0.39, 0.29) is 41.6 Å². The van der Waals surface area contributed by atoms with Gasteiger partial charge in [0.1, 0.15) is 17.9 Å². The molecule has 2 aromatic rings. The number of ether oxygens (including phenoxy) is 1. The van der Waals surface area contributed by atoms with Crippen molar-refractivity contribution in [1.29, 1.82) is 0 Å². The monoisotopic (exact) mass is 538 g/mol. The number of nitrogens with zero attached hydrogens (tertiary/aromatic N) is 4. The summed E-state index contributed by atoms with van der Waals surface area (Å²) < 4.78 is 20.4. The highest BCUT2D eigenvalue weighted by atomic mass is 16.7. The summed E-state index contributed by atoms with van der Waals surface area (Å²) >= 11 is 0. The van der Waals surface area contributed by atoms with Crippen LogP contribution in [0.4, 0.5) is 0 Å². The maximum absolute atomic E-state index is 13.4. The van der Waals surface area contributed by atoms with Crippen LogP contribution >= 0.6 is 0 Å². The molecular formula is C28H39BN4O6. The number of carbonyl (C=O) groups is 2. The van der Waals surface area contributed by atoms with Crippen molar-refractivity contribution in [3.8, 4) is 5.75 Å². The number of aromatic carboxylic acids is 1. The molecular weight excluding hydrogens is 499 g/mol. The van der Waals surface area contributed by atoms with Gasteiger partial charge in [0.05, 0.1) is 30.7 Å². The van der Waals surface area contributed by atoms with Gasteiger partial charge in [0.2, 0.25) is 0 Å². The van der Waals surface area contributed by atoms with Gasteiger partial charge in [0.25, 0.3) is 0 Å². The molecule has 1 aromatic heterocycles. The Morgan fingerprint density at radius 3 is 2.72 bits per heavy atom. The summed E-state index contributed by atoms with van der Waals surface area (Å²) in [6, 6.07) is 5.07. The Morgan fingerprint density at radius 1 is 1.28 bits per heavy atom. The zero-order valence-corrected chi connectivity index (χ0v) is 23.7. The summed E-state index contributed by atoms with van der Waals surface area (Å²) in [6.45, 7) is 7.52. The number of methoxy groups -OCH3 is 1. The van der Waals surface area contributed by atoms with E-state index >= 15 is 0 Å². The van der Waals surface area contributed by atoms with Crippen LogP contribution in [0.1, 0.15) is 61.6 Å². The molecule has 2 heterocycles. The summed E-state index contributed by atoms with van der Waals surface area (Å²) in [5.74, 6) is -0.106. The second kappa shape index (κ2) is 10.3. The smallest absolute Gasteiger partial charge is 0.461 e. The zero-order valence-electron chi connectivity index (χ0n) is 23.7. The van der Waals surface area contributed by atoms with Gasteiger partial charge in [-0.3, -0.25) is 4.79 Å². The van der Waals surface area contributed by atoms with Gasteiger partial charge in [0.15, 0.2) is 5.78 Å². The van der Waals surface area contributed by atoms with E-state index in [0.29, 0.717) is 36.1 Å². The van der Waals surface area contributed by atoms with Crippen LogP contribution in [0.3, 0.4) is 0 Å². The molecule has 0 spiro atoms. The maximum Gasteiger partial charge on any atom is 0.461 e. The fourth-order valence-electron chi connectivity index (χ4n) is 7.15. The maximum atomic E-state index is 13.4. The van der Waals surface area contributed by atoms with Crippen LogP contribution in [0.5, 0.6) is 5.75 Å². The molecule has 2 bridgehead atoms. The van der Waals surface area contributed by atoms with E-state index < -0.39 is 18.7 Å². The quantitative estimate of drug-likeness (QED) is 0.430. The minimum Gasteiger partial charge on any atom is -0.496 e. The molecule has 3 saturated carbocycles. The first kappa shape index (κ1) is 27.8. The number of carbonyl (C=O) groups excluding carboxylic acids is 1. The Hall–Kier alpha value is -2.76. The molecule has 1 saturated heterocycles. The Labute approximate surface area is 230 Å². The number of aromatic nitrogens is 3. The highest BCUT2D eigenvalue weighted by molar-refractivity contribution is 6.48. The normalized spacial score (nSPS) is 27.7. The number of carboxylic acid groups (broad SMARTS) is 1. The van der Waals surface area contributed by atoms with Gasteiger partial charge in [-0.15, -0.1) is 5.10 Å². The van der Waals surface area contributed by atoms with E-state index in [1.165, 1.54) is 13.2 Å². The van der Waals surface area contributed by atoms with Crippen molar-refractivity contribution in [2.75, 3.05) is 21.2 Å². The highest BCUT2D eigenvalue weighted by Crippen LogP contribution is 2.66. The van der Waals surface area contributed by atoms with Gasteiger partial charge in [-0.25, -0.2) is 9.48 Å². The number of benzene rings is 1. The number of para-hydroxylation sites is 1. The first-order chi connectivity index (χ1) is 18.4. The van der Waals surface area contributed by atoms with E-state index in [0.717, 1.165) is 18.5 Å². The van der Waals surface area contributed by atoms with Crippen LogP contribution in [0.2, 0.25) is 5.82 Å². The van der Waals surface area contributed by atoms with Gasteiger partial charge < -0.3 is 24.1 Å². The molecule has 6 rings (SSSR count). The van der Waals surface area contributed by atoms with Gasteiger partial charge in [-0.05, 0) is 69.2 Å². The Kier molecular flexibility index (Phi) is 7.37.